The van der Waals surface area contributed by atoms with E-state index < -0.39 is 0 Å². The zero-order valence-corrected chi connectivity index (χ0v) is 17.1. The second-order valence-corrected chi connectivity index (χ2v) is 8.20. The number of likely N-dealkylation sites (N-methyl/N-ethyl adjacent to an activating group) is 1. The molecule has 148 valence electrons. The van der Waals surface area contributed by atoms with Crippen molar-refractivity contribution in [2.75, 3.05) is 38.1 Å². The Balaban J connectivity index is 1.54. The number of amides is 1. The Labute approximate surface area is 168 Å². The number of carbonyl (C=O) groups is 1. The zero-order chi connectivity index (χ0) is 19.5. The Morgan fingerprint density at radius 3 is 2.64 bits per heavy atom. The fourth-order valence-electron chi connectivity index (χ4n) is 4.59. The first-order valence-corrected chi connectivity index (χ1v) is 10.6. The summed E-state index contributed by atoms with van der Waals surface area (Å²) in [5, 5.41) is 3.22. The first-order chi connectivity index (χ1) is 13.6. The maximum atomic E-state index is 12.8. The minimum absolute atomic E-state index is 0.0287. The highest BCUT2D eigenvalue weighted by molar-refractivity contribution is 5.95. The molecule has 0 aliphatic carbocycles. The molecule has 1 amide bonds. The van der Waals surface area contributed by atoms with Crippen molar-refractivity contribution in [3.63, 3.8) is 0 Å². The van der Waals surface area contributed by atoms with Crippen LogP contribution in [-0.4, -0.2) is 44.0 Å². The molecule has 2 aromatic rings. The van der Waals surface area contributed by atoms with Crippen LogP contribution in [0, 0.1) is 6.92 Å². The van der Waals surface area contributed by atoms with E-state index in [1.54, 1.807) is 0 Å². The van der Waals surface area contributed by atoms with Crippen LogP contribution in [0.4, 0.5) is 5.69 Å². The highest BCUT2D eigenvalue weighted by Crippen LogP contribution is 2.32. The van der Waals surface area contributed by atoms with E-state index in [-0.39, 0.29) is 11.9 Å². The molecule has 4 nitrogen and oxygen atoms in total. The van der Waals surface area contributed by atoms with Gasteiger partial charge in [0.25, 0.3) is 5.91 Å². The SMILES string of the molecule is Cc1ccccc1C(=O)NC[C@@H](c1ccc2c(c1)CCN2C)N1CCCCC1. The standard InChI is InChI=1S/C24H31N3O/c1-18-8-4-5-9-21(18)24(28)25-17-23(27-13-6-3-7-14-27)19-10-11-22-20(16-19)12-15-26(22)2/h4-5,8-11,16,23H,3,6-7,12-15,17H2,1-2H3,(H,25,28)/t23-/m0/s1. The fraction of sp³-hybridized carbons (Fsp3) is 0.458. The number of likely N-dealkylation sites (tertiary alicyclic amines) is 1. The summed E-state index contributed by atoms with van der Waals surface area (Å²) in [4.78, 5) is 17.7. The first kappa shape index (κ1) is 19.0. The molecule has 1 N–H and O–H groups in total. The predicted molar refractivity (Wildman–Crippen MR) is 115 cm³/mol. The molecule has 1 fully saturated rings. The van der Waals surface area contributed by atoms with Gasteiger partial charge in [-0.15, -0.1) is 0 Å². The number of hydrogen-bond acceptors (Lipinski definition) is 3. The fourth-order valence-corrected chi connectivity index (χ4v) is 4.59. The average Bonchev–Trinajstić information content (AvgIpc) is 3.09. The van der Waals surface area contributed by atoms with Gasteiger partial charge in [0.1, 0.15) is 0 Å². The molecule has 0 bridgehead atoms. The summed E-state index contributed by atoms with van der Waals surface area (Å²) in [6.45, 7) is 5.97. The van der Waals surface area contributed by atoms with Crippen molar-refractivity contribution in [2.24, 2.45) is 0 Å². The normalized spacial score (nSPS) is 18.0. The van der Waals surface area contributed by atoms with E-state index in [1.807, 2.05) is 31.2 Å². The number of benzene rings is 2. The molecule has 4 rings (SSSR count). The third-order valence-electron chi connectivity index (χ3n) is 6.29. The molecule has 2 aliphatic rings. The molecule has 4 heteroatoms. The van der Waals surface area contributed by atoms with Gasteiger partial charge in [-0.05, 0) is 68.1 Å². The van der Waals surface area contributed by atoms with Gasteiger partial charge in [-0.25, -0.2) is 0 Å². The summed E-state index contributed by atoms with van der Waals surface area (Å²) < 4.78 is 0. The Hall–Kier alpha value is -2.33. The van der Waals surface area contributed by atoms with Crippen LogP contribution < -0.4 is 10.2 Å². The topological polar surface area (TPSA) is 35.6 Å². The van der Waals surface area contributed by atoms with Crippen molar-refractivity contribution in [3.05, 3.63) is 64.7 Å². The third kappa shape index (κ3) is 3.93. The minimum atomic E-state index is 0.0287. The molecular weight excluding hydrogens is 346 g/mol. The monoisotopic (exact) mass is 377 g/mol. The second kappa shape index (κ2) is 8.36. The second-order valence-electron chi connectivity index (χ2n) is 8.20. The molecule has 0 spiro atoms. The molecule has 0 saturated carbocycles. The smallest absolute Gasteiger partial charge is 0.251 e. The lowest BCUT2D eigenvalue weighted by molar-refractivity contribution is 0.0924. The lowest BCUT2D eigenvalue weighted by atomic mass is 9.98. The molecule has 2 aliphatic heterocycles. The quantitative estimate of drug-likeness (QED) is 0.857. The zero-order valence-electron chi connectivity index (χ0n) is 17.1. The summed E-state index contributed by atoms with van der Waals surface area (Å²) in [5.41, 5.74) is 5.92. The van der Waals surface area contributed by atoms with Gasteiger partial charge in [-0.2, -0.15) is 0 Å². The predicted octanol–water partition coefficient (Wildman–Crippen LogP) is 3.94. The van der Waals surface area contributed by atoms with E-state index in [4.69, 9.17) is 0 Å². The average molecular weight is 378 g/mol. The summed E-state index contributed by atoms with van der Waals surface area (Å²) in [6.07, 6.45) is 4.92. The van der Waals surface area contributed by atoms with Gasteiger partial charge < -0.3 is 10.2 Å². The molecule has 0 radical (unpaired) electrons. The molecule has 0 unspecified atom stereocenters. The molecule has 2 heterocycles. The van der Waals surface area contributed by atoms with Gasteiger partial charge in [0.15, 0.2) is 0 Å². The van der Waals surface area contributed by atoms with Crippen LogP contribution >= 0.6 is 0 Å². The van der Waals surface area contributed by atoms with Crippen LogP contribution in [0.2, 0.25) is 0 Å². The number of piperidine rings is 1. The molecule has 0 aromatic heterocycles. The van der Waals surface area contributed by atoms with E-state index >= 15 is 0 Å². The highest BCUT2D eigenvalue weighted by atomic mass is 16.1. The van der Waals surface area contributed by atoms with Crippen molar-refractivity contribution < 1.29 is 4.79 Å². The van der Waals surface area contributed by atoms with Gasteiger partial charge in [0.05, 0.1) is 6.04 Å². The van der Waals surface area contributed by atoms with E-state index in [2.05, 4.69) is 40.4 Å². The summed E-state index contributed by atoms with van der Waals surface area (Å²) >= 11 is 0. The Kier molecular flexibility index (Phi) is 5.67. The maximum absolute atomic E-state index is 12.8. The van der Waals surface area contributed by atoms with Crippen LogP contribution in [0.3, 0.4) is 0 Å². The number of nitrogens with zero attached hydrogens (tertiary/aromatic N) is 2. The molecular formula is C24H31N3O. The highest BCUT2D eigenvalue weighted by Gasteiger charge is 2.25. The van der Waals surface area contributed by atoms with Crippen LogP contribution in [0.1, 0.15) is 52.4 Å². The van der Waals surface area contributed by atoms with Gasteiger partial charge in [0, 0.05) is 31.4 Å². The van der Waals surface area contributed by atoms with Gasteiger partial charge >= 0.3 is 0 Å². The Morgan fingerprint density at radius 2 is 1.86 bits per heavy atom. The first-order valence-electron chi connectivity index (χ1n) is 10.6. The van der Waals surface area contributed by atoms with Gasteiger partial charge in [0.2, 0.25) is 0 Å². The number of fused-ring (bicyclic) bond motifs is 1. The van der Waals surface area contributed by atoms with Crippen molar-refractivity contribution >= 4 is 11.6 Å². The Bertz CT molecular complexity index is 841. The van der Waals surface area contributed by atoms with Gasteiger partial charge in [-0.1, -0.05) is 36.8 Å². The van der Waals surface area contributed by atoms with E-state index in [0.29, 0.717) is 6.54 Å². The number of nitrogens with one attached hydrogen (secondary N) is 1. The van der Waals surface area contributed by atoms with Crippen LogP contribution in [-0.2, 0) is 6.42 Å². The number of rotatable bonds is 5. The number of aryl methyl sites for hydroxylation is 1. The molecule has 28 heavy (non-hydrogen) atoms. The van der Waals surface area contributed by atoms with Gasteiger partial charge in [-0.3, -0.25) is 9.69 Å². The van der Waals surface area contributed by atoms with Crippen LogP contribution in [0.5, 0.6) is 0 Å². The summed E-state index contributed by atoms with van der Waals surface area (Å²) in [5.74, 6) is 0.0287. The van der Waals surface area contributed by atoms with Crippen LogP contribution in [0.15, 0.2) is 42.5 Å². The third-order valence-corrected chi connectivity index (χ3v) is 6.29. The number of carbonyl (C=O) groups excluding carboxylic acids is 1. The number of hydrogen-bond donors (Lipinski definition) is 1. The van der Waals surface area contributed by atoms with Crippen molar-refractivity contribution in [1.82, 2.24) is 10.2 Å². The maximum Gasteiger partial charge on any atom is 0.251 e. The minimum Gasteiger partial charge on any atom is -0.374 e. The van der Waals surface area contributed by atoms with E-state index in [9.17, 15) is 4.79 Å². The van der Waals surface area contributed by atoms with E-state index in [0.717, 1.165) is 37.2 Å². The lowest BCUT2D eigenvalue weighted by Crippen LogP contribution is -2.40. The molecule has 1 saturated heterocycles. The summed E-state index contributed by atoms with van der Waals surface area (Å²) in [7, 11) is 2.16. The Morgan fingerprint density at radius 1 is 1.07 bits per heavy atom. The van der Waals surface area contributed by atoms with Crippen molar-refractivity contribution in [3.8, 4) is 0 Å². The van der Waals surface area contributed by atoms with E-state index in [1.165, 1.54) is 36.1 Å². The molecule has 2 aromatic carbocycles. The van der Waals surface area contributed by atoms with Crippen molar-refractivity contribution in [1.29, 1.82) is 0 Å². The largest absolute Gasteiger partial charge is 0.374 e. The molecule has 1 atom stereocenters. The summed E-state index contributed by atoms with van der Waals surface area (Å²) in [6, 6.07) is 14.9. The number of anilines is 1. The van der Waals surface area contributed by atoms with Crippen LogP contribution in [0.25, 0.3) is 0 Å². The lowest BCUT2D eigenvalue weighted by Gasteiger charge is -2.35. The van der Waals surface area contributed by atoms with Crippen molar-refractivity contribution in [2.45, 2.75) is 38.6 Å².